The SMILES string of the molecule is O=C(O)c1cccc(N2CCN3C(=O)CCC3C2)n1. The third-order valence-corrected chi connectivity index (χ3v) is 3.77. The summed E-state index contributed by atoms with van der Waals surface area (Å²) in [5.41, 5.74) is 0.0578. The average molecular weight is 261 g/mol. The van der Waals surface area contributed by atoms with E-state index < -0.39 is 5.97 Å². The largest absolute Gasteiger partial charge is 0.477 e. The van der Waals surface area contributed by atoms with Gasteiger partial charge in [-0.25, -0.2) is 9.78 Å². The maximum atomic E-state index is 11.6. The summed E-state index contributed by atoms with van der Waals surface area (Å²) >= 11 is 0. The lowest BCUT2D eigenvalue weighted by atomic mass is 10.1. The van der Waals surface area contributed by atoms with Crippen LogP contribution in [0.25, 0.3) is 0 Å². The maximum Gasteiger partial charge on any atom is 0.354 e. The standard InChI is InChI=1S/C13H15N3O3/c17-12-5-4-9-8-15(6-7-16(9)12)11-3-1-2-10(14-11)13(18)19/h1-3,9H,4-8H2,(H,18,19). The number of hydrogen-bond donors (Lipinski definition) is 1. The Bertz CT molecular complexity index is 532. The van der Waals surface area contributed by atoms with E-state index in [2.05, 4.69) is 9.88 Å². The van der Waals surface area contributed by atoms with Gasteiger partial charge in [-0.1, -0.05) is 6.07 Å². The van der Waals surface area contributed by atoms with E-state index in [1.54, 1.807) is 6.07 Å². The summed E-state index contributed by atoms with van der Waals surface area (Å²) in [7, 11) is 0. The van der Waals surface area contributed by atoms with Gasteiger partial charge in [0.1, 0.15) is 5.82 Å². The number of piperazine rings is 1. The van der Waals surface area contributed by atoms with Gasteiger partial charge in [0, 0.05) is 32.1 Å². The molecule has 1 N–H and O–H groups in total. The fourth-order valence-corrected chi connectivity index (χ4v) is 2.79. The average Bonchev–Trinajstić information content (AvgIpc) is 2.80. The normalized spacial score (nSPS) is 22.5. The third kappa shape index (κ3) is 2.14. The summed E-state index contributed by atoms with van der Waals surface area (Å²) in [5, 5.41) is 8.96. The van der Waals surface area contributed by atoms with E-state index in [-0.39, 0.29) is 17.6 Å². The van der Waals surface area contributed by atoms with Crippen LogP contribution in [0.5, 0.6) is 0 Å². The van der Waals surface area contributed by atoms with Crippen LogP contribution in [-0.2, 0) is 4.79 Å². The predicted molar refractivity (Wildman–Crippen MR) is 68.1 cm³/mol. The van der Waals surface area contributed by atoms with E-state index >= 15 is 0 Å². The molecule has 100 valence electrons. The van der Waals surface area contributed by atoms with Crippen molar-refractivity contribution < 1.29 is 14.7 Å². The summed E-state index contributed by atoms with van der Waals surface area (Å²) in [4.78, 5) is 30.7. The number of amides is 1. The first-order valence-corrected chi connectivity index (χ1v) is 6.40. The van der Waals surface area contributed by atoms with Crippen LogP contribution in [0.1, 0.15) is 23.3 Å². The van der Waals surface area contributed by atoms with Crippen molar-refractivity contribution >= 4 is 17.7 Å². The number of nitrogens with zero attached hydrogens (tertiary/aromatic N) is 3. The third-order valence-electron chi connectivity index (χ3n) is 3.77. The van der Waals surface area contributed by atoms with Gasteiger partial charge in [0.25, 0.3) is 0 Å². The highest BCUT2D eigenvalue weighted by atomic mass is 16.4. The highest BCUT2D eigenvalue weighted by Crippen LogP contribution is 2.25. The molecule has 3 heterocycles. The number of rotatable bonds is 2. The molecule has 2 saturated heterocycles. The summed E-state index contributed by atoms with van der Waals surface area (Å²) in [6.07, 6.45) is 1.51. The topological polar surface area (TPSA) is 73.7 Å². The van der Waals surface area contributed by atoms with Gasteiger partial charge in [0.15, 0.2) is 5.69 Å². The van der Waals surface area contributed by atoms with Gasteiger partial charge in [-0.2, -0.15) is 0 Å². The van der Waals surface area contributed by atoms with Crippen molar-refractivity contribution in [2.24, 2.45) is 0 Å². The summed E-state index contributed by atoms with van der Waals surface area (Å²) < 4.78 is 0. The van der Waals surface area contributed by atoms with Crippen LogP contribution in [0.3, 0.4) is 0 Å². The molecule has 1 aromatic rings. The van der Waals surface area contributed by atoms with Gasteiger partial charge in [-0.15, -0.1) is 0 Å². The van der Waals surface area contributed by atoms with Crippen LogP contribution >= 0.6 is 0 Å². The molecular weight excluding hydrogens is 246 g/mol. The second kappa shape index (κ2) is 4.53. The molecule has 0 radical (unpaired) electrons. The lowest BCUT2D eigenvalue weighted by Gasteiger charge is -2.38. The van der Waals surface area contributed by atoms with E-state index in [1.165, 1.54) is 6.07 Å². The first-order valence-electron chi connectivity index (χ1n) is 6.40. The van der Waals surface area contributed by atoms with Crippen LogP contribution in [0.4, 0.5) is 5.82 Å². The molecule has 0 spiro atoms. The molecule has 6 heteroatoms. The molecule has 0 saturated carbocycles. The highest BCUT2D eigenvalue weighted by Gasteiger charge is 2.35. The van der Waals surface area contributed by atoms with Crippen LogP contribution in [0.15, 0.2) is 18.2 Å². The Morgan fingerprint density at radius 3 is 3.00 bits per heavy atom. The molecule has 0 aliphatic carbocycles. The zero-order valence-electron chi connectivity index (χ0n) is 10.5. The molecule has 1 unspecified atom stereocenters. The Hall–Kier alpha value is -2.11. The van der Waals surface area contributed by atoms with Crippen molar-refractivity contribution in [3.8, 4) is 0 Å². The minimum atomic E-state index is -1.02. The van der Waals surface area contributed by atoms with Crippen molar-refractivity contribution in [1.29, 1.82) is 0 Å². The van der Waals surface area contributed by atoms with Gasteiger partial charge in [0.05, 0.1) is 0 Å². The number of pyridine rings is 1. The Morgan fingerprint density at radius 1 is 1.37 bits per heavy atom. The molecule has 19 heavy (non-hydrogen) atoms. The van der Waals surface area contributed by atoms with E-state index in [1.807, 2.05) is 11.0 Å². The fraction of sp³-hybridized carbons (Fsp3) is 0.462. The molecule has 2 fully saturated rings. The lowest BCUT2D eigenvalue weighted by molar-refractivity contribution is -0.129. The van der Waals surface area contributed by atoms with E-state index in [9.17, 15) is 9.59 Å². The molecule has 2 aliphatic heterocycles. The number of aromatic nitrogens is 1. The number of carboxylic acids is 1. The van der Waals surface area contributed by atoms with Crippen molar-refractivity contribution in [2.75, 3.05) is 24.5 Å². The van der Waals surface area contributed by atoms with Crippen molar-refractivity contribution in [2.45, 2.75) is 18.9 Å². The first-order chi connectivity index (χ1) is 9.15. The summed E-state index contributed by atoms with van der Waals surface area (Å²) in [5.74, 6) is -0.104. The molecule has 1 atom stereocenters. The van der Waals surface area contributed by atoms with Gasteiger partial charge in [0.2, 0.25) is 5.91 Å². The Morgan fingerprint density at radius 2 is 2.21 bits per heavy atom. The quantitative estimate of drug-likeness (QED) is 0.843. The lowest BCUT2D eigenvalue weighted by Crippen LogP contribution is -2.51. The highest BCUT2D eigenvalue weighted by molar-refractivity contribution is 5.85. The predicted octanol–water partition coefficient (Wildman–Crippen LogP) is 0.591. The second-order valence-corrected chi connectivity index (χ2v) is 4.91. The van der Waals surface area contributed by atoms with E-state index in [0.717, 1.165) is 13.0 Å². The maximum absolute atomic E-state index is 11.6. The van der Waals surface area contributed by atoms with Crippen molar-refractivity contribution in [3.63, 3.8) is 0 Å². The number of carboxylic acid groups (broad SMARTS) is 1. The monoisotopic (exact) mass is 261 g/mol. The zero-order chi connectivity index (χ0) is 13.4. The molecule has 3 rings (SSSR count). The fourth-order valence-electron chi connectivity index (χ4n) is 2.79. The number of fused-ring (bicyclic) bond motifs is 1. The summed E-state index contributed by atoms with van der Waals surface area (Å²) in [6, 6.07) is 5.26. The number of anilines is 1. The number of hydrogen-bond acceptors (Lipinski definition) is 4. The molecule has 1 aromatic heterocycles. The van der Waals surface area contributed by atoms with Crippen molar-refractivity contribution in [1.82, 2.24) is 9.88 Å². The zero-order valence-corrected chi connectivity index (χ0v) is 10.5. The van der Waals surface area contributed by atoms with Crippen LogP contribution in [-0.4, -0.2) is 52.5 Å². The van der Waals surface area contributed by atoms with Gasteiger partial charge >= 0.3 is 5.97 Å². The molecule has 1 amide bonds. The molecule has 0 bridgehead atoms. The summed E-state index contributed by atoms with van der Waals surface area (Å²) in [6.45, 7) is 2.14. The second-order valence-electron chi connectivity index (χ2n) is 4.91. The van der Waals surface area contributed by atoms with Crippen LogP contribution in [0.2, 0.25) is 0 Å². The van der Waals surface area contributed by atoms with Gasteiger partial charge in [-0.05, 0) is 18.6 Å². The van der Waals surface area contributed by atoms with Crippen LogP contribution in [0, 0.1) is 0 Å². The molecule has 2 aliphatic rings. The molecule has 6 nitrogen and oxygen atoms in total. The van der Waals surface area contributed by atoms with Gasteiger partial charge < -0.3 is 14.9 Å². The smallest absolute Gasteiger partial charge is 0.354 e. The minimum Gasteiger partial charge on any atom is -0.477 e. The van der Waals surface area contributed by atoms with Crippen molar-refractivity contribution in [3.05, 3.63) is 23.9 Å². The molecular formula is C13H15N3O3. The minimum absolute atomic E-state index is 0.0578. The van der Waals surface area contributed by atoms with Gasteiger partial charge in [-0.3, -0.25) is 4.79 Å². The van der Waals surface area contributed by atoms with E-state index in [4.69, 9.17) is 5.11 Å². The van der Waals surface area contributed by atoms with Crippen LogP contribution < -0.4 is 4.90 Å². The first kappa shape index (κ1) is 12.0. The Kier molecular flexibility index (Phi) is 2.85. The Labute approximate surface area is 110 Å². The van der Waals surface area contributed by atoms with E-state index in [0.29, 0.717) is 25.3 Å². The number of carbonyl (C=O) groups is 2. The Balaban J connectivity index is 1.78. The number of carbonyl (C=O) groups excluding carboxylic acids is 1. The molecule has 0 aromatic carbocycles. The number of aromatic carboxylic acids is 1.